The summed E-state index contributed by atoms with van der Waals surface area (Å²) in [5.41, 5.74) is -1.02. The Balaban J connectivity index is 2.45. The Hall–Kier alpha value is -1.30. The van der Waals surface area contributed by atoms with Gasteiger partial charge in [0.25, 0.3) is 6.01 Å². The van der Waals surface area contributed by atoms with Crippen LogP contribution in [0.3, 0.4) is 0 Å². The second-order valence-corrected chi connectivity index (χ2v) is 4.22. The zero-order chi connectivity index (χ0) is 12.6. The second-order valence-electron chi connectivity index (χ2n) is 3.30. The molecule has 0 amide bonds. The van der Waals surface area contributed by atoms with Crippen molar-refractivity contribution in [3.63, 3.8) is 0 Å². The largest absolute Gasteiger partial charge is 0.431 e. The highest BCUT2D eigenvalue weighted by Gasteiger charge is 2.37. The summed E-state index contributed by atoms with van der Waals surface area (Å²) in [6.07, 6.45) is -4.75. The highest BCUT2D eigenvalue weighted by atomic mass is 79.9. The fourth-order valence-electron chi connectivity index (χ4n) is 1.32. The van der Waals surface area contributed by atoms with Crippen LogP contribution in [0.15, 0.2) is 39.2 Å². The maximum Gasteiger partial charge on any atom is 0.422 e. The highest BCUT2D eigenvalue weighted by Crippen LogP contribution is 2.36. The molecule has 0 saturated carbocycles. The second kappa shape index (κ2) is 4.18. The third-order valence-corrected chi connectivity index (χ3v) is 2.65. The fourth-order valence-corrected chi connectivity index (χ4v) is 1.58. The van der Waals surface area contributed by atoms with Crippen LogP contribution < -0.4 is 0 Å². The molecule has 1 nitrogen and oxygen atoms in total. The number of halogens is 5. The molecule has 0 N–H and O–H groups in total. The van der Waals surface area contributed by atoms with Gasteiger partial charge in [0.1, 0.15) is 11.3 Å². The Morgan fingerprint density at radius 1 is 1.06 bits per heavy atom. The molecule has 6 heteroatoms. The van der Waals surface area contributed by atoms with Crippen LogP contribution >= 0.6 is 15.9 Å². The number of hydrogen-bond donors (Lipinski definition) is 0. The van der Waals surface area contributed by atoms with Crippen LogP contribution in [-0.4, -0.2) is 0 Å². The van der Waals surface area contributed by atoms with Gasteiger partial charge in [-0.15, -0.1) is 0 Å². The van der Waals surface area contributed by atoms with E-state index >= 15 is 0 Å². The van der Waals surface area contributed by atoms with Gasteiger partial charge in [0.2, 0.25) is 0 Å². The molecule has 0 aliphatic rings. The van der Waals surface area contributed by atoms with Crippen LogP contribution in [0.25, 0.3) is 11.3 Å². The summed E-state index contributed by atoms with van der Waals surface area (Å²) < 4.78 is 55.2. The summed E-state index contributed by atoms with van der Waals surface area (Å²) in [5, 5.41) is 0. The zero-order valence-electron chi connectivity index (χ0n) is 8.18. The Labute approximate surface area is 102 Å². The Morgan fingerprint density at radius 2 is 1.65 bits per heavy atom. The average molecular weight is 309 g/mol. The number of hydrogen-bond acceptors (Lipinski definition) is 1. The molecule has 0 unspecified atom stereocenters. The van der Waals surface area contributed by atoms with E-state index in [0.717, 1.165) is 4.47 Å². The fraction of sp³-hybridized carbons (Fsp3) is 0.0909. The molecular weight excluding hydrogens is 304 g/mol. The first-order valence-corrected chi connectivity index (χ1v) is 5.29. The summed E-state index contributed by atoms with van der Waals surface area (Å²) >= 11 is 3.18. The number of rotatable bonds is 1. The lowest BCUT2D eigenvalue weighted by Crippen LogP contribution is -2.04. The lowest BCUT2D eigenvalue weighted by molar-refractivity contribution is -0.141. The van der Waals surface area contributed by atoms with Crippen molar-refractivity contribution in [1.29, 1.82) is 0 Å². The molecule has 0 atom stereocenters. The monoisotopic (exact) mass is 308 g/mol. The molecular formula is C11H5BrF4O. The molecule has 2 rings (SSSR count). The maximum atomic E-state index is 13.0. The van der Waals surface area contributed by atoms with Gasteiger partial charge in [-0.1, -0.05) is 28.1 Å². The lowest BCUT2D eigenvalue weighted by atomic mass is 10.1. The third kappa shape index (κ3) is 2.52. The van der Waals surface area contributed by atoms with E-state index in [0.29, 0.717) is 11.6 Å². The summed E-state index contributed by atoms with van der Waals surface area (Å²) in [4.78, 5) is 0. The molecule has 0 spiro atoms. The smallest absolute Gasteiger partial charge is 0.422 e. The summed E-state index contributed by atoms with van der Waals surface area (Å²) in [6.45, 7) is 0. The van der Waals surface area contributed by atoms with Gasteiger partial charge in [0, 0.05) is 16.1 Å². The molecule has 0 aliphatic carbocycles. The molecule has 90 valence electrons. The van der Waals surface area contributed by atoms with Crippen molar-refractivity contribution in [3.05, 3.63) is 46.4 Å². The lowest BCUT2D eigenvalue weighted by Gasteiger charge is -2.00. The summed E-state index contributed by atoms with van der Waals surface area (Å²) in [6, 6.07) is 5.35. The Morgan fingerprint density at radius 3 is 2.12 bits per heavy atom. The SMILES string of the molecule is Fc1oc(-c2ccc(Br)cc2)cc1C(F)(F)F. The number of alkyl halides is 3. The first-order chi connectivity index (χ1) is 7.88. The van der Waals surface area contributed by atoms with E-state index in [4.69, 9.17) is 0 Å². The van der Waals surface area contributed by atoms with Crippen LogP contribution in [0.4, 0.5) is 17.6 Å². The standard InChI is InChI=1S/C11H5BrF4O/c12-7-3-1-6(2-4-7)9-5-8(10(13)17-9)11(14,15)16/h1-5H. The van der Waals surface area contributed by atoms with E-state index < -0.39 is 17.8 Å². The third-order valence-electron chi connectivity index (χ3n) is 2.12. The normalized spacial score (nSPS) is 11.8. The molecule has 1 aromatic heterocycles. The number of furan rings is 1. The van der Waals surface area contributed by atoms with Gasteiger partial charge >= 0.3 is 6.18 Å². The van der Waals surface area contributed by atoms with Crippen molar-refractivity contribution in [1.82, 2.24) is 0 Å². The van der Waals surface area contributed by atoms with E-state index in [1.54, 1.807) is 12.1 Å². The molecule has 1 aromatic carbocycles. The van der Waals surface area contributed by atoms with E-state index in [1.807, 2.05) is 0 Å². The van der Waals surface area contributed by atoms with Crippen molar-refractivity contribution in [3.8, 4) is 11.3 Å². The van der Waals surface area contributed by atoms with Crippen LogP contribution in [-0.2, 0) is 6.18 Å². The Kier molecular flexibility index (Phi) is 2.99. The predicted octanol–water partition coefficient (Wildman–Crippen LogP) is 4.87. The molecule has 0 radical (unpaired) electrons. The zero-order valence-corrected chi connectivity index (χ0v) is 9.77. The minimum atomic E-state index is -4.75. The molecule has 1 heterocycles. The van der Waals surface area contributed by atoms with Crippen molar-refractivity contribution >= 4 is 15.9 Å². The predicted molar refractivity (Wildman–Crippen MR) is 56.8 cm³/mol. The molecule has 0 fully saturated rings. The van der Waals surface area contributed by atoms with Gasteiger partial charge < -0.3 is 4.42 Å². The minimum absolute atomic E-state index is 0.151. The van der Waals surface area contributed by atoms with E-state index in [9.17, 15) is 17.6 Å². The van der Waals surface area contributed by atoms with Gasteiger partial charge in [0.05, 0.1) is 0 Å². The van der Waals surface area contributed by atoms with E-state index in [1.165, 1.54) is 12.1 Å². The number of benzene rings is 1. The van der Waals surface area contributed by atoms with Crippen molar-refractivity contribution in [2.75, 3.05) is 0 Å². The van der Waals surface area contributed by atoms with E-state index in [2.05, 4.69) is 20.3 Å². The molecule has 0 bridgehead atoms. The molecule has 0 aliphatic heterocycles. The molecule has 2 aromatic rings. The summed E-state index contributed by atoms with van der Waals surface area (Å²) in [5.74, 6) is -0.151. The topological polar surface area (TPSA) is 13.1 Å². The maximum absolute atomic E-state index is 13.0. The molecule has 17 heavy (non-hydrogen) atoms. The van der Waals surface area contributed by atoms with Gasteiger partial charge in [-0.05, 0) is 12.1 Å². The van der Waals surface area contributed by atoms with Gasteiger partial charge in [0.15, 0.2) is 0 Å². The van der Waals surface area contributed by atoms with Crippen molar-refractivity contribution < 1.29 is 22.0 Å². The van der Waals surface area contributed by atoms with E-state index in [-0.39, 0.29) is 5.76 Å². The Bertz CT molecular complexity index is 527. The van der Waals surface area contributed by atoms with Gasteiger partial charge in [-0.3, -0.25) is 0 Å². The first kappa shape index (κ1) is 12.2. The highest BCUT2D eigenvalue weighted by molar-refractivity contribution is 9.10. The van der Waals surface area contributed by atoms with Crippen molar-refractivity contribution in [2.45, 2.75) is 6.18 Å². The van der Waals surface area contributed by atoms with Gasteiger partial charge in [-0.25, -0.2) is 0 Å². The average Bonchev–Trinajstić information content (AvgIpc) is 2.61. The van der Waals surface area contributed by atoms with Crippen molar-refractivity contribution in [2.24, 2.45) is 0 Å². The van der Waals surface area contributed by atoms with Crippen LogP contribution in [0.5, 0.6) is 0 Å². The summed E-state index contributed by atoms with van der Waals surface area (Å²) in [7, 11) is 0. The van der Waals surface area contributed by atoms with Crippen LogP contribution in [0.1, 0.15) is 5.56 Å². The van der Waals surface area contributed by atoms with Gasteiger partial charge in [-0.2, -0.15) is 17.6 Å². The van der Waals surface area contributed by atoms with Crippen LogP contribution in [0.2, 0.25) is 0 Å². The first-order valence-electron chi connectivity index (χ1n) is 4.50. The van der Waals surface area contributed by atoms with Crippen LogP contribution in [0, 0.1) is 6.01 Å². The minimum Gasteiger partial charge on any atom is -0.431 e. The molecule has 0 saturated heterocycles. The quantitative estimate of drug-likeness (QED) is 0.685.